The van der Waals surface area contributed by atoms with Crippen LogP contribution in [0.4, 0.5) is 18.0 Å². The summed E-state index contributed by atoms with van der Waals surface area (Å²) in [4.78, 5) is 14.4. The van der Waals surface area contributed by atoms with Crippen LogP contribution in [-0.4, -0.2) is 35.8 Å². The number of hydrogen-bond donors (Lipinski definition) is 0. The van der Waals surface area contributed by atoms with Crippen molar-refractivity contribution in [2.24, 2.45) is 0 Å². The highest BCUT2D eigenvalue weighted by atomic mass is 19.4. The summed E-state index contributed by atoms with van der Waals surface area (Å²) in [6.45, 7) is 5.46. The number of ether oxygens (including phenoxy) is 2. The molecule has 0 N–H and O–H groups in total. The fourth-order valence-electron chi connectivity index (χ4n) is 3.91. The van der Waals surface area contributed by atoms with Crippen LogP contribution >= 0.6 is 0 Å². The number of carbonyl (C=O) groups excluding carboxylic acids is 1. The SMILES string of the molecule is COc1cc(C2=CC3CCCC(C2)N3C(=O)OC(C)(C)C)cc(C(F)(F)F)c1. The second kappa shape index (κ2) is 7.33. The molecule has 28 heavy (non-hydrogen) atoms. The van der Waals surface area contributed by atoms with Crippen LogP contribution in [0, 0.1) is 0 Å². The van der Waals surface area contributed by atoms with Crippen LogP contribution in [0.15, 0.2) is 24.3 Å². The Morgan fingerprint density at radius 1 is 1.14 bits per heavy atom. The number of nitrogens with zero attached hydrogens (tertiary/aromatic N) is 1. The van der Waals surface area contributed by atoms with Crippen molar-refractivity contribution in [2.45, 2.75) is 70.3 Å². The highest BCUT2D eigenvalue weighted by molar-refractivity contribution is 5.75. The Kier molecular flexibility index (Phi) is 5.38. The van der Waals surface area contributed by atoms with Crippen molar-refractivity contribution < 1.29 is 27.4 Å². The fraction of sp³-hybridized carbons (Fsp3) is 0.571. The molecule has 1 amide bonds. The highest BCUT2D eigenvalue weighted by Gasteiger charge is 2.40. The standard InChI is InChI=1S/C21H26F3NO3/c1-20(2,3)28-19(26)25-16-6-5-7-17(25)10-14(9-16)13-8-15(21(22,23)24)12-18(11-13)27-4/h8-9,11-12,16-17H,5-7,10H2,1-4H3. The molecule has 2 heterocycles. The van der Waals surface area contributed by atoms with Crippen molar-refractivity contribution >= 4 is 11.7 Å². The van der Waals surface area contributed by atoms with Crippen LogP contribution < -0.4 is 4.74 Å². The summed E-state index contributed by atoms with van der Waals surface area (Å²) in [6.07, 6.45) is 0.160. The van der Waals surface area contributed by atoms with Crippen LogP contribution in [0.5, 0.6) is 5.75 Å². The van der Waals surface area contributed by atoms with E-state index in [9.17, 15) is 18.0 Å². The molecule has 2 aliphatic rings. The van der Waals surface area contributed by atoms with E-state index in [1.807, 2.05) is 26.8 Å². The topological polar surface area (TPSA) is 38.8 Å². The normalized spacial score (nSPS) is 22.5. The predicted molar refractivity (Wildman–Crippen MR) is 100 cm³/mol. The van der Waals surface area contributed by atoms with Crippen LogP contribution in [-0.2, 0) is 10.9 Å². The Hall–Kier alpha value is -2.18. The first-order valence-electron chi connectivity index (χ1n) is 9.46. The highest BCUT2D eigenvalue weighted by Crippen LogP contribution is 2.40. The van der Waals surface area contributed by atoms with Gasteiger partial charge in [-0.05, 0) is 75.8 Å². The van der Waals surface area contributed by atoms with Gasteiger partial charge in [-0.15, -0.1) is 0 Å². The van der Waals surface area contributed by atoms with Gasteiger partial charge in [0.2, 0.25) is 0 Å². The number of hydrogen-bond acceptors (Lipinski definition) is 3. The van der Waals surface area contributed by atoms with Gasteiger partial charge < -0.3 is 9.47 Å². The van der Waals surface area contributed by atoms with Crippen molar-refractivity contribution in [1.29, 1.82) is 0 Å². The first-order valence-corrected chi connectivity index (χ1v) is 9.46. The summed E-state index contributed by atoms with van der Waals surface area (Å²) in [5.74, 6) is 0.172. The zero-order valence-electron chi connectivity index (χ0n) is 16.6. The van der Waals surface area contributed by atoms with Gasteiger partial charge in [0.25, 0.3) is 0 Å². The van der Waals surface area contributed by atoms with E-state index in [1.165, 1.54) is 7.11 Å². The van der Waals surface area contributed by atoms with Crippen LogP contribution in [0.2, 0.25) is 0 Å². The number of fused-ring (bicyclic) bond motifs is 2. The molecule has 2 bridgehead atoms. The smallest absolute Gasteiger partial charge is 0.416 e. The molecule has 1 aromatic rings. The van der Waals surface area contributed by atoms with E-state index in [2.05, 4.69) is 0 Å². The number of halogens is 3. The molecule has 2 aliphatic heterocycles. The zero-order chi connectivity index (χ0) is 20.7. The molecule has 0 spiro atoms. The maximum Gasteiger partial charge on any atom is 0.416 e. The number of methoxy groups -OCH3 is 1. The molecule has 2 atom stereocenters. The van der Waals surface area contributed by atoms with E-state index >= 15 is 0 Å². The maximum atomic E-state index is 13.3. The van der Waals surface area contributed by atoms with Crippen molar-refractivity contribution in [2.75, 3.05) is 7.11 Å². The average molecular weight is 397 g/mol. The van der Waals surface area contributed by atoms with Crippen molar-refractivity contribution in [3.05, 3.63) is 35.4 Å². The van der Waals surface area contributed by atoms with Crippen LogP contribution in [0.3, 0.4) is 0 Å². The monoisotopic (exact) mass is 397 g/mol. The first-order chi connectivity index (χ1) is 13.0. The molecule has 0 radical (unpaired) electrons. The Morgan fingerprint density at radius 2 is 1.86 bits per heavy atom. The van der Waals surface area contributed by atoms with E-state index in [-0.39, 0.29) is 23.9 Å². The number of amides is 1. The van der Waals surface area contributed by atoms with Gasteiger partial charge in [-0.1, -0.05) is 6.08 Å². The molecule has 1 aromatic carbocycles. The van der Waals surface area contributed by atoms with E-state index < -0.39 is 17.3 Å². The van der Waals surface area contributed by atoms with Crippen LogP contribution in [0.1, 0.15) is 57.6 Å². The Labute approximate surface area is 163 Å². The summed E-state index contributed by atoms with van der Waals surface area (Å²) >= 11 is 0. The predicted octanol–water partition coefficient (Wildman–Crippen LogP) is 5.66. The van der Waals surface area contributed by atoms with Gasteiger partial charge in [-0.3, -0.25) is 4.90 Å². The lowest BCUT2D eigenvalue weighted by Gasteiger charge is -2.45. The number of rotatable bonds is 2. The van der Waals surface area contributed by atoms with Gasteiger partial charge in [0.05, 0.1) is 18.7 Å². The van der Waals surface area contributed by atoms with Gasteiger partial charge >= 0.3 is 12.3 Å². The summed E-state index contributed by atoms with van der Waals surface area (Å²) in [5, 5.41) is 0. The molecular formula is C21H26F3NO3. The summed E-state index contributed by atoms with van der Waals surface area (Å²) in [5.41, 5.74) is -0.0159. The van der Waals surface area contributed by atoms with Gasteiger partial charge in [-0.25, -0.2) is 4.79 Å². The third kappa shape index (κ3) is 4.45. The Balaban J connectivity index is 1.94. The van der Waals surface area contributed by atoms with Gasteiger partial charge in [0, 0.05) is 6.04 Å². The van der Waals surface area contributed by atoms with Crippen molar-refractivity contribution in [1.82, 2.24) is 4.90 Å². The molecule has 4 nitrogen and oxygen atoms in total. The molecular weight excluding hydrogens is 371 g/mol. The van der Waals surface area contributed by atoms with E-state index in [0.717, 1.165) is 37.0 Å². The Bertz CT molecular complexity index is 780. The largest absolute Gasteiger partial charge is 0.497 e. The van der Waals surface area contributed by atoms with E-state index in [0.29, 0.717) is 12.0 Å². The molecule has 0 aliphatic carbocycles. The lowest BCUT2D eigenvalue weighted by Crippen LogP contribution is -2.53. The number of piperidine rings is 1. The second-order valence-electron chi connectivity index (χ2n) is 8.38. The lowest BCUT2D eigenvalue weighted by molar-refractivity contribution is -0.137. The zero-order valence-corrected chi connectivity index (χ0v) is 16.6. The lowest BCUT2D eigenvalue weighted by atomic mass is 9.82. The molecule has 2 unspecified atom stereocenters. The van der Waals surface area contributed by atoms with E-state index in [1.54, 1.807) is 11.0 Å². The van der Waals surface area contributed by atoms with Gasteiger partial charge in [0.1, 0.15) is 11.4 Å². The quantitative estimate of drug-likeness (QED) is 0.646. The summed E-state index contributed by atoms with van der Waals surface area (Å²) in [7, 11) is 1.35. The molecule has 3 rings (SSSR count). The third-order valence-corrected chi connectivity index (χ3v) is 5.08. The average Bonchev–Trinajstić information content (AvgIpc) is 2.57. The van der Waals surface area contributed by atoms with E-state index in [4.69, 9.17) is 9.47 Å². The van der Waals surface area contributed by atoms with Crippen LogP contribution in [0.25, 0.3) is 5.57 Å². The van der Waals surface area contributed by atoms with Crippen molar-refractivity contribution in [3.63, 3.8) is 0 Å². The molecule has 0 saturated carbocycles. The molecule has 7 heteroatoms. The number of benzene rings is 1. The third-order valence-electron chi connectivity index (χ3n) is 5.08. The molecule has 154 valence electrons. The van der Waals surface area contributed by atoms with Crippen molar-refractivity contribution in [3.8, 4) is 5.75 Å². The minimum Gasteiger partial charge on any atom is -0.497 e. The molecule has 1 fully saturated rings. The minimum absolute atomic E-state index is 0.0749. The second-order valence-corrected chi connectivity index (χ2v) is 8.38. The molecule has 1 saturated heterocycles. The molecule has 0 aromatic heterocycles. The van der Waals surface area contributed by atoms with Gasteiger partial charge in [-0.2, -0.15) is 13.2 Å². The maximum absolute atomic E-state index is 13.3. The van der Waals surface area contributed by atoms with Gasteiger partial charge in [0.15, 0.2) is 0 Å². The number of alkyl halides is 3. The minimum atomic E-state index is -4.45. The summed E-state index contributed by atoms with van der Waals surface area (Å²) in [6, 6.07) is 3.54. The number of carbonyl (C=O) groups is 1. The first kappa shape index (κ1) is 20.6. The Morgan fingerprint density at radius 3 is 2.43 bits per heavy atom. The fourth-order valence-corrected chi connectivity index (χ4v) is 3.91. The summed E-state index contributed by atoms with van der Waals surface area (Å²) < 4.78 is 50.4.